The normalized spacial score (nSPS) is 18.2. The van der Waals surface area contributed by atoms with E-state index in [2.05, 4.69) is 19.2 Å². The molecule has 0 radical (unpaired) electrons. The highest BCUT2D eigenvalue weighted by molar-refractivity contribution is 4.80. The van der Waals surface area contributed by atoms with Crippen LogP contribution in [0.4, 0.5) is 0 Å². The number of aliphatic hydroxyl groups is 1. The van der Waals surface area contributed by atoms with Gasteiger partial charge in [-0.2, -0.15) is 0 Å². The zero-order chi connectivity index (χ0) is 11.2. The molecule has 0 rings (SSSR count). The predicted molar refractivity (Wildman–Crippen MR) is 59.4 cm³/mol. The second-order valence-electron chi connectivity index (χ2n) is 4.57. The van der Waals surface area contributed by atoms with E-state index in [0.29, 0.717) is 12.6 Å². The molecule has 0 aliphatic rings. The predicted octanol–water partition coefficient (Wildman–Crippen LogP) is 1.41. The highest BCUT2D eigenvalue weighted by atomic mass is 16.5. The van der Waals surface area contributed by atoms with Gasteiger partial charge in [0.15, 0.2) is 0 Å². The summed E-state index contributed by atoms with van der Waals surface area (Å²) in [6.45, 7) is 9.55. The van der Waals surface area contributed by atoms with Gasteiger partial charge < -0.3 is 15.2 Å². The smallest absolute Gasteiger partial charge is 0.0679 e. The summed E-state index contributed by atoms with van der Waals surface area (Å²) in [5.41, 5.74) is -0.641. The van der Waals surface area contributed by atoms with Crippen molar-refractivity contribution in [2.24, 2.45) is 5.92 Å². The average Bonchev–Trinajstić information content (AvgIpc) is 2.03. The third kappa shape index (κ3) is 5.58. The van der Waals surface area contributed by atoms with Gasteiger partial charge in [0.2, 0.25) is 0 Å². The van der Waals surface area contributed by atoms with Gasteiger partial charge in [-0.25, -0.2) is 0 Å². The van der Waals surface area contributed by atoms with Crippen molar-refractivity contribution in [1.82, 2.24) is 5.32 Å². The second kappa shape index (κ2) is 6.38. The van der Waals surface area contributed by atoms with Crippen molar-refractivity contribution < 1.29 is 9.84 Å². The molecule has 0 saturated heterocycles. The SMILES string of the molecule is COCC(C)C(C)(O)CCNC(C)C. The second-order valence-corrected chi connectivity index (χ2v) is 4.57. The third-order valence-electron chi connectivity index (χ3n) is 2.66. The van der Waals surface area contributed by atoms with Crippen LogP contribution in [-0.4, -0.2) is 37.0 Å². The fourth-order valence-corrected chi connectivity index (χ4v) is 1.29. The molecule has 2 N–H and O–H groups in total. The average molecular weight is 203 g/mol. The zero-order valence-corrected chi connectivity index (χ0v) is 10.1. The number of hydrogen-bond acceptors (Lipinski definition) is 3. The molecule has 2 atom stereocenters. The summed E-state index contributed by atoms with van der Waals surface area (Å²) in [7, 11) is 1.67. The minimum absolute atomic E-state index is 0.168. The van der Waals surface area contributed by atoms with Gasteiger partial charge in [-0.05, 0) is 19.9 Å². The number of hydrogen-bond donors (Lipinski definition) is 2. The quantitative estimate of drug-likeness (QED) is 0.657. The van der Waals surface area contributed by atoms with Gasteiger partial charge in [0.05, 0.1) is 12.2 Å². The maximum absolute atomic E-state index is 10.1. The van der Waals surface area contributed by atoms with Gasteiger partial charge in [-0.1, -0.05) is 20.8 Å². The summed E-state index contributed by atoms with van der Waals surface area (Å²) in [5, 5.41) is 13.4. The summed E-state index contributed by atoms with van der Waals surface area (Å²) in [6.07, 6.45) is 0.760. The molecule has 0 spiro atoms. The van der Waals surface area contributed by atoms with Gasteiger partial charge in [0.25, 0.3) is 0 Å². The van der Waals surface area contributed by atoms with E-state index in [4.69, 9.17) is 4.74 Å². The molecule has 3 nitrogen and oxygen atoms in total. The van der Waals surface area contributed by atoms with Crippen LogP contribution in [0.25, 0.3) is 0 Å². The fraction of sp³-hybridized carbons (Fsp3) is 1.00. The molecular formula is C11H25NO2. The minimum atomic E-state index is -0.641. The van der Waals surface area contributed by atoms with Gasteiger partial charge in [-0.15, -0.1) is 0 Å². The maximum Gasteiger partial charge on any atom is 0.0679 e. The lowest BCUT2D eigenvalue weighted by molar-refractivity contribution is -0.0310. The van der Waals surface area contributed by atoms with E-state index in [0.717, 1.165) is 13.0 Å². The highest BCUT2D eigenvalue weighted by Gasteiger charge is 2.27. The van der Waals surface area contributed by atoms with Crippen molar-refractivity contribution in [3.05, 3.63) is 0 Å². The molecule has 0 aliphatic heterocycles. The van der Waals surface area contributed by atoms with Crippen molar-refractivity contribution in [3.8, 4) is 0 Å². The molecule has 0 amide bonds. The van der Waals surface area contributed by atoms with Crippen molar-refractivity contribution in [1.29, 1.82) is 0 Å². The van der Waals surface area contributed by atoms with Crippen molar-refractivity contribution >= 4 is 0 Å². The number of methoxy groups -OCH3 is 1. The van der Waals surface area contributed by atoms with Crippen LogP contribution in [0.5, 0.6) is 0 Å². The maximum atomic E-state index is 10.1. The van der Waals surface area contributed by atoms with Gasteiger partial charge in [0, 0.05) is 19.1 Å². The monoisotopic (exact) mass is 203 g/mol. The van der Waals surface area contributed by atoms with Gasteiger partial charge >= 0.3 is 0 Å². The van der Waals surface area contributed by atoms with Gasteiger partial charge in [-0.3, -0.25) is 0 Å². The molecule has 0 saturated carbocycles. The Balaban J connectivity index is 3.81. The Bertz CT molecular complexity index is 146. The molecule has 0 bridgehead atoms. The summed E-state index contributed by atoms with van der Waals surface area (Å²) >= 11 is 0. The van der Waals surface area contributed by atoms with Crippen molar-refractivity contribution in [2.45, 2.75) is 45.8 Å². The lowest BCUT2D eigenvalue weighted by Crippen LogP contribution is -2.39. The number of nitrogens with one attached hydrogen (secondary N) is 1. The van der Waals surface area contributed by atoms with Crippen LogP contribution >= 0.6 is 0 Å². The zero-order valence-electron chi connectivity index (χ0n) is 10.1. The van der Waals surface area contributed by atoms with Crippen LogP contribution in [0.15, 0.2) is 0 Å². The fourth-order valence-electron chi connectivity index (χ4n) is 1.29. The Morgan fingerprint density at radius 2 is 1.93 bits per heavy atom. The molecule has 0 aromatic carbocycles. The van der Waals surface area contributed by atoms with E-state index in [1.54, 1.807) is 7.11 Å². The molecular weight excluding hydrogens is 178 g/mol. The largest absolute Gasteiger partial charge is 0.390 e. The summed E-state index contributed by atoms with van der Waals surface area (Å²) < 4.78 is 5.04. The molecule has 2 unspecified atom stereocenters. The molecule has 0 aliphatic carbocycles. The van der Waals surface area contributed by atoms with E-state index in [-0.39, 0.29) is 5.92 Å². The first-order chi connectivity index (χ1) is 6.40. The topological polar surface area (TPSA) is 41.5 Å². The molecule has 0 aromatic rings. The first-order valence-electron chi connectivity index (χ1n) is 5.35. The van der Waals surface area contributed by atoms with Crippen LogP contribution in [0.2, 0.25) is 0 Å². The lowest BCUT2D eigenvalue weighted by atomic mass is 9.88. The highest BCUT2D eigenvalue weighted by Crippen LogP contribution is 2.20. The molecule has 0 heterocycles. The summed E-state index contributed by atoms with van der Waals surface area (Å²) in [5.74, 6) is 0.168. The summed E-state index contributed by atoms with van der Waals surface area (Å²) in [4.78, 5) is 0. The van der Waals surface area contributed by atoms with Crippen LogP contribution in [0.1, 0.15) is 34.1 Å². The Hall–Kier alpha value is -0.120. The number of rotatable bonds is 7. The first kappa shape index (κ1) is 13.9. The van der Waals surface area contributed by atoms with Crippen molar-refractivity contribution in [2.75, 3.05) is 20.3 Å². The summed E-state index contributed by atoms with van der Waals surface area (Å²) in [6, 6.07) is 0.475. The van der Waals surface area contributed by atoms with E-state index in [1.165, 1.54) is 0 Å². The molecule has 86 valence electrons. The van der Waals surface area contributed by atoms with Crippen LogP contribution in [0, 0.1) is 5.92 Å². The minimum Gasteiger partial charge on any atom is -0.390 e. The molecule has 14 heavy (non-hydrogen) atoms. The standard InChI is InChI=1S/C11H25NO2/c1-9(2)12-7-6-11(4,13)10(3)8-14-5/h9-10,12-13H,6-8H2,1-5H3. The molecule has 0 fully saturated rings. The number of ether oxygens (including phenoxy) is 1. The Labute approximate surface area is 87.8 Å². The van der Waals surface area contributed by atoms with Crippen LogP contribution in [0.3, 0.4) is 0 Å². The third-order valence-corrected chi connectivity index (χ3v) is 2.66. The van der Waals surface area contributed by atoms with Gasteiger partial charge in [0.1, 0.15) is 0 Å². The Morgan fingerprint density at radius 1 is 1.36 bits per heavy atom. The Morgan fingerprint density at radius 3 is 2.36 bits per heavy atom. The van der Waals surface area contributed by atoms with Crippen LogP contribution in [-0.2, 0) is 4.74 Å². The van der Waals surface area contributed by atoms with E-state index in [9.17, 15) is 5.11 Å². The molecule has 0 aromatic heterocycles. The van der Waals surface area contributed by atoms with E-state index < -0.39 is 5.60 Å². The van der Waals surface area contributed by atoms with E-state index >= 15 is 0 Å². The lowest BCUT2D eigenvalue weighted by Gasteiger charge is -2.30. The van der Waals surface area contributed by atoms with Crippen LogP contribution < -0.4 is 5.32 Å². The first-order valence-corrected chi connectivity index (χ1v) is 5.35. The van der Waals surface area contributed by atoms with E-state index in [1.807, 2.05) is 13.8 Å². The van der Waals surface area contributed by atoms with Crippen molar-refractivity contribution in [3.63, 3.8) is 0 Å². The Kier molecular flexibility index (Phi) is 6.33. The molecule has 3 heteroatoms.